The van der Waals surface area contributed by atoms with Crippen molar-refractivity contribution in [3.63, 3.8) is 0 Å². The van der Waals surface area contributed by atoms with E-state index < -0.39 is 8.32 Å². The third kappa shape index (κ3) is 7.51. The Morgan fingerprint density at radius 1 is 0.804 bits per heavy atom. The Bertz CT molecular complexity index is 2210. The number of rotatable bonds is 12. The first-order valence-electron chi connectivity index (χ1n) is 19.1. The Hall–Kier alpha value is -5.56. The third-order valence-corrected chi connectivity index (χ3v) is 15.8. The maximum absolute atomic E-state index is 14.1. The summed E-state index contributed by atoms with van der Waals surface area (Å²) in [6, 6.07) is 33.4. The highest BCUT2D eigenvalue weighted by Crippen LogP contribution is 2.44. The molecule has 0 amide bonds. The summed E-state index contributed by atoms with van der Waals surface area (Å²) in [5.41, 5.74) is 18.2. The van der Waals surface area contributed by atoms with E-state index in [4.69, 9.17) is 30.7 Å². The van der Waals surface area contributed by atoms with Crippen LogP contribution in [0.4, 0.5) is 21.5 Å². The molecule has 12 heteroatoms. The number of pyridine rings is 1. The number of anilines is 3. The second-order valence-electron chi connectivity index (χ2n) is 15.4. The smallest absolute Gasteiger partial charge is 0.261 e. The Morgan fingerprint density at radius 3 is 2.05 bits per heavy atom. The van der Waals surface area contributed by atoms with Crippen molar-refractivity contribution in [2.45, 2.75) is 38.7 Å². The molecule has 10 nitrogen and oxygen atoms in total. The fraction of sp³-hybridized carbons (Fsp3) is 0.295. The number of hydrogen-bond acceptors (Lipinski definition) is 9. The Balaban J connectivity index is 1.25. The topological polar surface area (TPSA) is 121 Å². The molecule has 0 saturated carbocycles. The minimum atomic E-state index is -2.73. The molecule has 56 heavy (non-hydrogen) atoms. The van der Waals surface area contributed by atoms with E-state index in [1.807, 2.05) is 22.8 Å². The van der Waals surface area contributed by atoms with Crippen LogP contribution < -0.4 is 31.5 Å². The van der Waals surface area contributed by atoms with E-state index >= 15 is 0 Å². The van der Waals surface area contributed by atoms with Crippen LogP contribution in [-0.4, -0.2) is 79.9 Å². The number of ether oxygens (including phenoxy) is 1. The molecule has 6 aromatic rings. The normalized spacial score (nSPS) is 13.9. The summed E-state index contributed by atoms with van der Waals surface area (Å²) in [6.07, 6.45) is 3.00. The summed E-state index contributed by atoms with van der Waals surface area (Å²) in [5.74, 6) is 1.52. The monoisotopic (exact) mass is 770 g/mol. The molecule has 0 atom stereocenters. The van der Waals surface area contributed by atoms with Gasteiger partial charge < -0.3 is 30.4 Å². The summed E-state index contributed by atoms with van der Waals surface area (Å²) in [7, 11) is 1.00. The molecule has 2 aromatic heterocycles. The maximum atomic E-state index is 14.1. The molecule has 0 radical (unpaired) electrons. The van der Waals surface area contributed by atoms with E-state index in [1.165, 1.54) is 22.5 Å². The summed E-state index contributed by atoms with van der Waals surface area (Å²) in [4.78, 5) is 9.34. The van der Waals surface area contributed by atoms with Crippen molar-refractivity contribution >= 4 is 35.8 Å². The van der Waals surface area contributed by atoms with Crippen LogP contribution in [0.3, 0.4) is 0 Å². The van der Waals surface area contributed by atoms with Gasteiger partial charge in [-0.2, -0.15) is 0 Å². The van der Waals surface area contributed by atoms with Gasteiger partial charge in [0.05, 0.1) is 41.1 Å². The quantitative estimate of drug-likeness (QED) is 0.0810. The van der Waals surface area contributed by atoms with Gasteiger partial charge in [-0.25, -0.2) is 4.39 Å². The molecular weight excluding hydrogens is 720 g/mol. The van der Waals surface area contributed by atoms with Gasteiger partial charge >= 0.3 is 0 Å². The summed E-state index contributed by atoms with van der Waals surface area (Å²) >= 11 is 0. The summed E-state index contributed by atoms with van der Waals surface area (Å²) < 4.78 is 29.1. The molecule has 1 aliphatic heterocycles. The van der Waals surface area contributed by atoms with E-state index in [2.05, 4.69) is 103 Å². The lowest BCUT2D eigenvalue weighted by molar-refractivity contribution is 0.291. The zero-order valence-electron chi connectivity index (χ0n) is 32.9. The maximum Gasteiger partial charge on any atom is 0.261 e. The zero-order chi connectivity index (χ0) is 39.5. The van der Waals surface area contributed by atoms with Gasteiger partial charge in [0.1, 0.15) is 17.4 Å². The van der Waals surface area contributed by atoms with Gasteiger partial charge in [0.25, 0.3) is 8.32 Å². The van der Waals surface area contributed by atoms with E-state index in [1.54, 1.807) is 25.4 Å². The van der Waals surface area contributed by atoms with Gasteiger partial charge in [-0.05, 0) is 65.3 Å². The summed E-state index contributed by atoms with van der Waals surface area (Å²) in [6.45, 7) is 10.8. The van der Waals surface area contributed by atoms with Crippen LogP contribution in [0.25, 0.3) is 28.3 Å². The number of methoxy groups -OCH3 is 1. The molecule has 3 heterocycles. The number of likely N-dealkylation sites (N-methyl/N-ethyl adjacent to an activating group) is 1. The molecule has 0 unspecified atom stereocenters. The molecule has 0 aliphatic carbocycles. The van der Waals surface area contributed by atoms with Gasteiger partial charge in [0.15, 0.2) is 5.82 Å². The number of nitrogens with two attached hydrogens (primary N) is 2. The van der Waals surface area contributed by atoms with Crippen LogP contribution in [0, 0.1) is 5.82 Å². The highest BCUT2D eigenvalue weighted by atomic mass is 28.4. The number of benzene rings is 4. The third-order valence-electron chi connectivity index (χ3n) is 10.8. The van der Waals surface area contributed by atoms with Crippen LogP contribution in [0.15, 0.2) is 109 Å². The largest absolute Gasteiger partial charge is 0.494 e. The van der Waals surface area contributed by atoms with Crippen molar-refractivity contribution in [3.8, 4) is 34.1 Å². The Morgan fingerprint density at radius 2 is 1.45 bits per heavy atom. The van der Waals surface area contributed by atoms with Gasteiger partial charge in [-0.1, -0.05) is 81.4 Å². The second-order valence-corrected chi connectivity index (χ2v) is 19.7. The van der Waals surface area contributed by atoms with Crippen molar-refractivity contribution in [1.29, 1.82) is 0 Å². The van der Waals surface area contributed by atoms with Crippen LogP contribution in [-0.2, 0) is 10.8 Å². The number of aryl methyl sites for hydroxylation is 1. The molecule has 4 N–H and O–H groups in total. The Labute approximate surface area is 330 Å². The minimum absolute atomic E-state index is 0.146. The number of nitrogens with zero attached hydrogens (tertiary/aromatic N) is 6. The SMILES string of the molecule is COc1cc(N2CCN(C)CC2)c(N)c(-c2cc(-n3c(CCCO[Si](c4ccccc4)(c4ccccc4)C(C)(C)C)nnc3-c3ccc(F)cc3)ccn2)c1N. The number of aromatic nitrogens is 4. The lowest BCUT2D eigenvalue weighted by atomic mass is 10.0. The first kappa shape index (κ1) is 38.7. The number of piperazine rings is 1. The van der Waals surface area contributed by atoms with Crippen LogP contribution >= 0.6 is 0 Å². The fourth-order valence-corrected chi connectivity index (χ4v) is 12.5. The number of halogens is 1. The molecular formula is C44H51FN8O2Si. The van der Waals surface area contributed by atoms with Crippen LogP contribution in [0.5, 0.6) is 5.75 Å². The Kier molecular flexibility index (Phi) is 11.2. The molecule has 290 valence electrons. The standard InChI is InChI=1S/C44H51FN8O2Si/c1-44(2,3)56(34-13-8-6-9-14-34,35-15-10-7-11-16-35)55-28-12-17-39-49-50-43(31-18-20-32(45)21-19-31)53(39)33-22-23-48-36(29-33)40-41(46)37(30-38(54-5)42(40)47)52-26-24-51(4)25-27-52/h6-11,13-16,18-23,29-30H,12,17,24-28,46-47H2,1-5H3. The highest BCUT2D eigenvalue weighted by molar-refractivity contribution is 6.99. The molecule has 1 aliphatic rings. The lowest BCUT2D eigenvalue weighted by Crippen LogP contribution is -2.66. The van der Waals surface area contributed by atoms with Gasteiger partial charge in [-0.3, -0.25) is 9.55 Å². The van der Waals surface area contributed by atoms with Crippen LogP contribution in [0.1, 0.15) is 33.0 Å². The first-order chi connectivity index (χ1) is 27.0. The van der Waals surface area contributed by atoms with Gasteiger partial charge in [0, 0.05) is 57.0 Å². The van der Waals surface area contributed by atoms with E-state index in [0.29, 0.717) is 53.7 Å². The number of nitrogen functional groups attached to an aromatic ring is 2. The van der Waals surface area contributed by atoms with E-state index in [9.17, 15) is 4.39 Å². The van der Waals surface area contributed by atoms with Gasteiger partial charge in [0.2, 0.25) is 0 Å². The minimum Gasteiger partial charge on any atom is -0.494 e. The summed E-state index contributed by atoms with van der Waals surface area (Å²) in [5, 5.41) is 11.7. The predicted molar refractivity (Wildman–Crippen MR) is 227 cm³/mol. The average Bonchev–Trinajstić information content (AvgIpc) is 3.63. The van der Waals surface area contributed by atoms with Crippen molar-refractivity contribution in [2.24, 2.45) is 0 Å². The molecule has 0 bridgehead atoms. The zero-order valence-corrected chi connectivity index (χ0v) is 33.9. The lowest BCUT2D eigenvalue weighted by Gasteiger charge is -2.43. The molecule has 4 aromatic carbocycles. The molecule has 7 rings (SSSR count). The average molecular weight is 771 g/mol. The van der Waals surface area contributed by atoms with Crippen LogP contribution in [0.2, 0.25) is 5.04 Å². The first-order valence-corrected chi connectivity index (χ1v) is 21.0. The van der Waals surface area contributed by atoms with Crippen molar-refractivity contribution < 1.29 is 13.6 Å². The number of hydrogen-bond donors (Lipinski definition) is 2. The highest BCUT2D eigenvalue weighted by Gasteiger charge is 2.50. The molecule has 1 saturated heterocycles. The van der Waals surface area contributed by atoms with Gasteiger partial charge in [-0.15, -0.1) is 10.2 Å². The van der Waals surface area contributed by atoms with Crippen molar-refractivity contribution in [1.82, 2.24) is 24.6 Å². The van der Waals surface area contributed by atoms with E-state index in [-0.39, 0.29) is 10.9 Å². The molecule has 0 spiro atoms. The predicted octanol–water partition coefficient (Wildman–Crippen LogP) is 6.57. The molecule has 1 fully saturated rings. The van der Waals surface area contributed by atoms with Crippen molar-refractivity contribution in [3.05, 3.63) is 121 Å². The van der Waals surface area contributed by atoms with Crippen molar-refractivity contribution in [2.75, 3.05) is 63.3 Å². The fourth-order valence-electron chi connectivity index (χ4n) is 7.88. The second kappa shape index (κ2) is 16.3. The van der Waals surface area contributed by atoms with E-state index in [0.717, 1.165) is 48.9 Å².